The zero-order valence-electron chi connectivity index (χ0n) is 7.70. The SMILES string of the molecule is CC1CC(Nc2cncc(N)n2)C1. The van der Waals surface area contributed by atoms with Gasteiger partial charge in [-0.3, -0.25) is 4.98 Å². The number of nitrogen functional groups attached to an aromatic ring is 1. The van der Waals surface area contributed by atoms with Crippen molar-refractivity contribution >= 4 is 11.6 Å². The number of rotatable bonds is 2. The smallest absolute Gasteiger partial charge is 0.147 e. The molecule has 0 unspecified atom stereocenters. The van der Waals surface area contributed by atoms with Crippen LogP contribution in [0.3, 0.4) is 0 Å². The minimum Gasteiger partial charge on any atom is -0.382 e. The number of aromatic nitrogens is 2. The summed E-state index contributed by atoms with van der Waals surface area (Å²) in [6.45, 7) is 2.25. The topological polar surface area (TPSA) is 63.8 Å². The molecule has 0 atom stereocenters. The van der Waals surface area contributed by atoms with Crippen LogP contribution in [0.5, 0.6) is 0 Å². The molecular weight excluding hydrogens is 164 g/mol. The first-order valence-corrected chi connectivity index (χ1v) is 4.58. The van der Waals surface area contributed by atoms with Crippen LogP contribution in [-0.4, -0.2) is 16.0 Å². The van der Waals surface area contributed by atoms with Crippen LogP contribution in [0.25, 0.3) is 0 Å². The monoisotopic (exact) mass is 178 g/mol. The van der Waals surface area contributed by atoms with Crippen LogP contribution in [-0.2, 0) is 0 Å². The van der Waals surface area contributed by atoms with Crippen LogP contribution in [0.2, 0.25) is 0 Å². The maximum absolute atomic E-state index is 5.51. The number of nitrogens with two attached hydrogens (primary N) is 1. The molecule has 1 aliphatic carbocycles. The van der Waals surface area contributed by atoms with Crippen molar-refractivity contribution in [2.45, 2.75) is 25.8 Å². The Labute approximate surface area is 77.6 Å². The van der Waals surface area contributed by atoms with Gasteiger partial charge in [0, 0.05) is 6.04 Å². The minimum atomic E-state index is 0.470. The number of anilines is 2. The summed E-state index contributed by atoms with van der Waals surface area (Å²) < 4.78 is 0. The molecule has 1 aliphatic rings. The molecule has 0 bridgehead atoms. The molecule has 3 N–H and O–H groups in total. The van der Waals surface area contributed by atoms with Gasteiger partial charge in [-0.25, -0.2) is 4.98 Å². The number of hydrogen-bond donors (Lipinski definition) is 2. The maximum atomic E-state index is 5.51. The van der Waals surface area contributed by atoms with Gasteiger partial charge in [0.2, 0.25) is 0 Å². The molecule has 70 valence electrons. The first kappa shape index (κ1) is 8.29. The molecule has 1 aromatic heterocycles. The zero-order chi connectivity index (χ0) is 9.26. The van der Waals surface area contributed by atoms with Gasteiger partial charge in [0.05, 0.1) is 12.4 Å². The fraction of sp³-hybridized carbons (Fsp3) is 0.556. The van der Waals surface area contributed by atoms with Crippen molar-refractivity contribution in [1.82, 2.24) is 9.97 Å². The van der Waals surface area contributed by atoms with Crippen molar-refractivity contribution in [3.8, 4) is 0 Å². The van der Waals surface area contributed by atoms with Crippen molar-refractivity contribution in [2.24, 2.45) is 5.92 Å². The van der Waals surface area contributed by atoms with Gasteiger partial charge < -0.3 is 11.1 Å². The van der Waals surface area contributed by atoms with E-state index in [1.807, 2.05) is 0 Å². The van der Waals surface area contributed by atoms with Crippen molar-refractivity contribution in [1.29, 1.82) is 0 Å². The van der Waals surface area contributed by atoms with E-state index in [2.05, 4.69) is 22.2 Å². The summed E-state index contributed by atoms with van der Waals surface area (Å²) in [6.07, 6.45) is 5.70. The lowest BCUT2D eigenvalue weighted by Crippen LogP contribution is -2.34. The average Bonchev–Trinajstić information content (AvgIpc) is 2.01. The Morgan fingerprint density at radius 2 is 2.23 bits per heavy atom. The van der Waals surface area contributed by atoms with E-state index in [-0.39, 0.29) is 0 Å². The van der Waals surface area contributed by atoms with Gasteiger partial charge in [-0.1, -0.05) is 6.92 Å². The van der Waals surface area contributed by atoms with E-state index in [1.165, 1.54) is 12.8 Å². The van der Waals surface area contributed by atoms with Gasteiger partial charge >= 0.3 is 0 Å². The molecule has 1 saturated carbocycles. The van der Waals surface area contributed by atoms with Crippen LogP contribution >= 0.6 is 0 Å². The van der Waals surface area contributed by atoms with E-state index in [9.17, 15) is 0 Å². The second kappa shape index (κ2) is 3.20. The van der Waals surface area contributed by atoms with Crippen molar-refractivity contribution in [2.75, 3.05) is 11.1 Å². The largest absolute Gasteiger partial charge is 0.382 e. The van der Waals surface area contributed by atoms with Gasteiger partial charge in [0.15, 0.2) is 0 Å². The van der Waals surface area contributed by atoms with Gasteiger partial charge in [0.25, 0.3) is 0 Å². The molecule has 0 spiro atoms. The lowest BCUT2D eigenvalue weighted by atomic mass is 9.82. The van der Waals surface area contributed by atoms with Crippen LogP contribution in [0.15, 0.2) is 12.4 Å². The molecule has 1 heterocycles. The summed E-state index contributed by atoms with van der Waals surface area (Å²) in [5, 5.41) is 3.30. The molecule has 0 aliphatic heterocycles. The van der Waals surface area contributed by atoms with Crippen molar-refractivity contribution in [3.05, 3.63) is 12.4 Å². The first-order valence-electron chi connectivity index (χ1n) is 4.58. The van der Waals surface area contributed by atoms with E-state index in [4.69, 9.17) is 5.73 Å². The summed E-state index contributed by atoms with van der Waals surface area (Å²) in [7, 11) is 0. The molecule has 13 heavy (non-hydrogen) atoms. The third kappa shape index (κ3) is 1.88. The van der Waals surface area contributed by atoms with Gasteiger partial charge in [-0.2, -0.15) is 0 Å². The van der Waals surface area contributed by atoms with Crippen LogP contribution in [0.4, 0.5) is 11.6 Å². The van der Waals surface area contributed by atoms with E-state index in [1.54, 1.807) is 12.4 Å². The summed E-state index contributed by atoms with van der Waals surface area (Å²) in [4.78, 5) is 8.09. The Hall–Kier alpha value is -1.32. The number of nitrogens with zero attached hydrogens (tertiary/aromatic N) is 2. The Balaban J connectivity index is 1.94. The Morgan fingerprint density at radius 3 is 2.85 bits per heavy atom. The zero-order valence-corrected chi connectivity index (χ0v) is 7.70. The lowest BCUT2D eigenvalue weighted by Gasteiger charge is -2.33. The highest BCUT2D eigenvalue weighted by molar-refractivity contribution is 5.39. The quantitative estimate of drug-likeness (QED) is 0.715. The third-order valence-electron chi connectivity index (χ3n) is 2.38. The van der Waals surface area contributed by atoms with Crippen LogP contribution in [0, 0.1) is 5.92 Å². The van der Waals surface area contributed by atoms with Crippen LogP contribution < -0.4 is 11.1 Å². The summed E-state index contributed by atoms with van der Waals surface area (Å²) in [6, 6.07) is 0.561. The average molecular weight is 178 g/mol. The molecular formula is C9H14N4. The molecule has 0 saturated heterocycles. The molecule has 0 amide bonds. The fourth-order valence-corrected chi connectivity index (χ4v) is 1.68. The highest BCUT2D eigenvalue weighted by Gasteiger charge is 2.25. The first-order chi connectivity index (χ1) is 6.24. The summed E-state index contributed by atoms with van der Waals surface area (Å²) >= 11 is 0. The Kier molecular flexibility index (Phi) is 2.04. The summed E-state index contributed by atoms with van der Waals surface area (Å²) in [5.74, 6) is 2.10. The van der Waals surface area contributed by atoms with E-state index < -0.39 is 0 Å². The standard InChI is InChI=1S/C9H14N4/c1-6-2-7(3-6)12-9-5-11-4-8(10)13-9/h4-7H,2-3H2,1H3,(H3,10,12,13). The maximum Gasteiger partial charge on any atom is 0.147 e. The lowest BCUT2D eigenvalue weighted by molar-refractivity contribution is 0.308. The van der Waals surface area contributed by atoms with E-state index in [0.717, 1.165) is 11.7 Å². The van der Waals surface area contributed by atoms with E-state index in [0.29, 0.717) is 11.9 Å². The Bertz CT molecular complexity index is 293. The van der Waals surface area contributed by atoms with Crippen LogP contribution in [0.1, 0.15) is 19.8 Å². The second-order valence-corrected chi connectivity index (χ2v) is 3.75. The number of nitrogens with one attached hydrogen (secondary N) is 1. The molecule has 0 aromatic carbocycles. The normalized spacial score (nSPS) is 26.5. The Morgan fingerprint density at radius 1 is 1.46 bits per heavy atom. The minimum absolute atomic E-state index is 0.470. The molecule has 1 fully saturated rings. The predicted octanol–water partition coefficient (Wildman–Crippen LogP) is 1.27. The molecule has 4 nitrogen and oxygen atoms in total. The van der Waals surface area contributed by atoms with Gasteiger partial charge in [0.1, 0.15) is 11.6 Å². The molecule has 2 rings (SSSR count). The highest BCUT2D eigenvalue weighted by atomic mass is 15.1. The number of hydrogen-bond acceptors (Lipinski definition) is 4. The molecule has 4 heteroatoms. The second-order valence-electron chi connectivity index (χ2n) is 3.75. The van der Waals surface area contributed by atoms with Gasteiger partial charge in [-0.05, 0) is 18.8 Å². The van der Waals surface area contributed by atoms with Crippen molar-refractivity contribution in [3.63, 3.8) is 0 Å². The van der Waals surface area contributed by atoms with Crippen molar-refractivity contribution < 1.29 is 0 Å². The van der Waals surface area contributed by atoms with E-state index >= 15 is 0 Å². The fourth-order valence-electron chi connectivity index (χ4n) is 1.68. The van der Waals surface area contributed by atoms with Gasteiger partial charge in [-0.15, -0.1) is 0 Å². The predicted molar refractivity (Wildman–Crippen MR) is 52.3 cm³/mol. The molecule has 1 aromatic rings. The third-order valence-corrected chi connectivity index (χ3v) is 2.38. The molecule has 0 radical (unpaired) electrons. The summed E-state index contributed by atoms with van der Waals surface area (Å²) in [5.41, 5.74) is 5.51. The highest BCUT2D eigenvalue weighted by Crippen LogP contribution is 2.28.